The Morgan fingerprint density at radius 3 is 2.86 bits per heavy atom. The number of carbonyl (C=O) groups excluding carboxylic acids is 1. The van der Waals surface area contributed by atoms with Crippen LogP contribution in [0.25, 0.3) is 0 Å². The molecule has 1 fully saturated rings. The zero-order chi connectivity index (χ0) is 5.28. The Labute approximate surface area is 58.4 Å². The molecular formula is C2H2INO2S. The monoisotopic (exact) mass is 231 g/mol. The molecule has 0 radical (unpaired) electrons. The Kier molecular flexibility index (Phi) is 1.76. The van der Waals surface area contributed by atoms with Gasteiger partial charge in [0.05, 0.1) is 0 Å². The van der Waals surface area contributed by atoms with Gasteiger partial charge in [-0.25, -0.2) is 9.52 Å². The number of hydrogen-bond acceptors (Lipinski definition) is 4. The van der Waals surface area contributed by atoms with Crippen molar-refractivity contribution >= 4 is 39.8 Å². The van der Waals surface area contributed by atoms with E-state index in [1.54, 1.807) is 0 Å². The number of nitrogens with one attached hydrogen (secondary N) is 1. The van der Waals surface area contributed by atoms with Gasteiger partial charge >= 0.3 is 5.30 Å². The minimum absolute atomic E-state index is 0.143. The maximum Gasteiger partial charge on any atom is 0.384 e. The lowest BCUT2D eigenvalue weighted by atomic mass is 11.3. The van der Waals surface area contributed by atoms with Gasteiger partial charge in [0.15, 0.2) is 0 Å². The summed E-state index contributed by atoms with van der Waals surface area (Å²) in [6, 6.07) is 0. The predicted molar refractivity (Wildman–Crippen MR) is 35.0 cm³/mol. The number of halogens is 1. The number of rotatable bonds is 0. The van der Waals surface area contributed by atoms with Crippen LogP contribution in [0.5, 0.6) is 0 Å². The van der Waals surface area contributed by atoms with Gasteiger partial charge in [-0.15, -0.1) is 0 Å². The van der Waals surface area contributed by atoms with Gasteiger partial charge in [-0.3, -0.25) is 0 Å². The summed E-state index contributed by atoms with van der Waals surface area (Å²) >= 11 is 2.96. The van der Waals surface area contributed by atoms with E-state index in [1.165, 1.54) is 0 Å². The Morgan fingerprint density at radius 2 is 2.71 bits per heavy atom. The van der Waals surface area contributed by atoms with Crippen LogP contribution < -0.4 is 4.72 Å². The van der Waals surface area contributed by atoms with Gasteiger partial charge in [0.2, 0.25) is 4.23 Å². The molecule has 0 bridgehead atoms. The van der Waals surface area contributed by atoms with Crippen molar-refractivity contribution in [1.29, 1.82) is 0 Å². The molecule has 0 aromatic carbocycles. The highest BCUT2D eigenvalue weighted by Crippen LogP contribution is 2.16. The molecule has 3 nitrogen and oxygen atoms in total. The van der Waals surface area contributed by atoms with Crippen LogP contribution in [0.3, 0.4) is 0 Å². The number of carbonyl (C=O) groups is 1. The van der Waals surface area contributed by atoms with Gasteiger partial charge < -0.3 is 4.74 Å². The minimum atomic E-state index is -0.251. The van der Waals surface area contributed by atoms with E-state index in [1.807, 2.05) is 22.6 Å². The van der Waals surface area contributed by atoms with Gasteiger partial charge in [-0.05, 0) is 22.6 Å². The maximum atomic E-state index is 10.1. The van der Waals surface area contributed by atoms with Crippen molar-refractivity contribution in [3.05, 3.63) is 0 Å². The van der Waals surface area contributed by atoms with Crippen LogP contribution in [0.4, 0.5) is 4.79 Å². The fraction of sp³-hybridized carbons (Fsp3) is 0.500. The van der Waals surface area contributed by atoms with Gasteiger partial charge in [0, 0.05) is 11.9 Å². The molecular weight excluding hydrogens is 229 g/mol. The lowest BCUT2D eigenvalue weighted by molar-refractivity contribution is 0.176. The summed E-state index contributed by atoms with van der Waals surface area (Å²) in [7, 11) is 0. The van der Waals surface area contributed by atoms with Gasteiger partial charge in [0.25, 0.3) is 0 Å². The van der Waals surface area contributed by atoms with Crippen LogP contribution in [0.15, 0.2) is 0 Å². The van der Waals surface area contributed by atoms with Crippen LogP contribution in [0.1, 0.15) is 0 Å². The van der Waals surface area contributed by atoms with Gasteiger partial charge in [-0.1, -0.05) is 0 Å². The molecule has 0 spiro atoms. The second-order valence-corrected chi connectivity index (χ2v) is 2.81. The van der Waals surface area contributed by atoms with Crippen molar-refractivity contribution < 1.29 is 9.53 Å². The van der Waals surface area contributed by atoms with Crippen LogP contribution in [-0.4, -0.2) is 9.54 Å². The normalized spacial score (nSPS) is 30.4. The van der Waals surface area contributed by atoms with Crippen molar-refractivity contribution in [2.45, 2.75) is 4.23 Å². The maximum absolute atomic E-state index is 10.1. The summed E-state index contributed by atoms with van der Waals surface area (Å²) in [6.45, 7) is 0. The van der Waals surface area contributed by atoms with Crippen LogP contribution >= 0.6 is 34.5 Å². The average molecular weight is 231 g/mol. The third-order valence-electron chi connectivity index (χ3n) is 0.435. The molecule has 0 aromatic heterocycles. The molecule has 0 aromatic rings. The van der Waals surface area contributed by atoms with Crippen LogP contribution in [0.2, 0.25) is 0 Å². The quantitative estimate of drug-likeness (QED) is 0.223. The molecule has 7 heavy (non-hydrogen) atoms. The van der Waals surface area contributed by atoms with E-state index in [0.717, 1.165) is 11.9 Å². The summed E-state index contributed by atoms with van der Waals surface area (Å²) < 4.78 is 7.12. The zero-order valence-corrected chi connectivity index (χ0v) is 6.15. The molecule has 1 saturated heterocycles. The Bertz CT molecular complexity index is 97.7. The van der Waals surface area contributed by atoms with E-state index in [-0.39, 0.29) is 9.54 Å². The van der Waals surface area contributed by atoms with E-state index >= 15 is 0 Å². The van der Waals surface area contributed by atoms with Crippen LogP contribution in [0, 0.1) is 0 Å². The van der Waals surface area contributed by atoms with Gasteiger partial charge in [-0.2, -0.15) is 0 Å². The molecule has 1 N–H and O–H groups in total. The second kappa shape index (κ2) is 2.19. The molecule has 0 aliphatic carbocycles. The number of cyclic esters (lactones) is 1. The first-order chi connectivity index (χ1) is 3.29. The number of ether oxygens (including phenoxy) is 1. The molecule has 1 atom stereocenters. The van der Waals surface area contributed by atoms with E-state index in [4.69, 9.17) is 0 Å². The van der Waals surface area contributed by atoms with E-state index in [0.29, 0.717) is 0 Å². The average Bonchev–Trinajstić information content (AvgIpc) is 1.87. The summed E-state index contributed by atoms with van der Waals surface area (Å²) in [5, 5.41) is -0.251. The van der Waals surface area contributed by atoms with Crippen molar-refractivity contribution in [2.75, 3.05) is 0 Å². The fourth-order valence-corrected chi connectivity index (χ4v) is 1.39. The summed E-state index contributed by atoms with van der Waals surface area (Å²) in [5.74, 6) is 0. The molecule has 0 amide bonds. The van der Waals surface area contributed by atoms with Crippen molar-refractivity contribution in [2.24, 2.45) is 0 Å². The number of hydrogen-bond donors (Lipinski definition) is 1. The highest BCUT2D eigenvalue weighted by atomic mass is 127. The van der Waals surface area contributed by atoms with E-state index in [9.17, 15) is 4.79 Å². The predicted octanol–water partition coefficient (Wildman–Crippen LogP) is 1.09. The highest BCUT2D eigenvalue weighted by Gasteiger charge is 2.19. The first-order valence-corrected chi connectivity index (χ1v) is 3.62. The van der Waals surface area contributed by atoms with E-state index < -0.39 is 0 Å². The second-order valence-electron chi connectivity index (χ2n) is 0.904. The summed E-state index contributed by atoms with van der Waals surface area (Å²) in [4.78, 5) is 10.1. The van der Waals surface area contributed by atoms with Crippen molar-refractivity contribution in [3.63, 3.8) is 0 Å². The first kappa shape index (κ1) is 5.64. The molecule has 1 aliphatic rings. The van der Waals surface area contributed by atoms with E-state index in [2.05, 4.69) is 9.46 Å². The topological polar surface area (TPSA) is 38.3 Å². The smallest absolute Gasteiger partial charge is 0.384 e. The molecule has 0 saturated carbocycles. The Balaban J connectivity index is 2.40. The van der Waals surface area contributed by atoms with Crippen molar-refractivity contribution in [1.82, 2.24) is 4.72 Å². The minimum Gasteiger partial charge on any atom is -0.427 e. The van der Waals surface area contributed by atoms with Gasteiger partial charge in [0.1, 0.15) is 0 Å². The lowest BCUT2D eigenvalue weighted by Crippen LogP contribution is -2.07. The number of alkyl halides is 1. The summed E-state index contributed by atoms with van der Waals surface area (Å²) in [5.41, 5.74) is 0. The molecule has 1 rings (SSSR count). The molecule has 0 unspecified atom stereocenters. The first-order valence-electron chi connectivity index (χ1n) is 1.56. The molecule has 40 valence electrons. The highest BCUT2D eigenvalue weighted by molar-refractivity contribution is 14.1. The molecule has 5 heteroatoms. The Morgan fingerprint density at radius 1 is 2.00 bits per heavy atom. The van der Waals surface area contributed by atoms with Crippen molar-refractivity contribution in [3.8, 4) is 0 Å². The molecule has 1 heterocycles. The summed E-state index contributed by atoms with van der Waals surface area (Å²) in [6.07, 6.45) is 0. The third kappa shape index (κ3) is 1.46. The fourth-order valence-electron chi connectivity index (χ4n) is 0.227. The van der Waals surface area contributed by atoms with Crippen LogP contribution in [-0.2, 0) is 4.74 Å². The SMILES string of the molecule is O=C1O[C@H](I)NS1. The third-order valence-corrected chi connectivity index (χ3v) is 2.02. The largest absolute Gasteiger partial charge is 0.427 e. The Hall–Kier alpha value is 0.510. The zero-order valence-electron chi connectivity index (χ0n) is 3.18. The standard InChI is InChI=1S/C2H2INO2S/c3-1-4-7-2(5)6-1/h1,4H/t1-/m1/s1. The lowest BCUT2D eigenvalue weighted by Gasteiger charge is -1.92. The molecule has 1 aliphatic heterocycles.